The number of nitro benzene ring substituents is 1. The zero-order valence-corrected chi connectivity index (χ0v) is 16.5. The van der Waals surface area contributed by atoms with Gasteiger partial charge in [0, 0.05) is 62.0 Å². The van der Waals surface area contributed by atoms with Gasteiger partial charge in [0.05, 0.1) is 4.92 Å². The molecule has 2 atom stereocenters. The lowest BCUT2D eigenvalue weighted by molar-refractivity contribution is -0.383. The van der Waals surface area contributed by atoms with Crippen LogP contribution in [-0.4, -0.2) is 46.0 Å². The Balaban J connectivity index is 1.62. The van der Waals surface area contributed by atoms with Crippen LogP contribution in [0.25, 0.3) is 0 Å². The summed E-state index contributed by atoms with van der Waals surface area (Å²) in [5.74, 6) is 0.807. The lowest BCUT2D eigenvalue weighted by atomic mass is 10.1. The molecule has 1 fully saturated rings. The first-order valence-electron chi connectivity index (χ1n) is 9.45. The number of carbonyl (C=O) groups excluding carboxylic acids is 1. The molecule has 1 aromatic heterocycles. The predicted octanol–water partition coefficient (Wildman–Crippen LogP) is 1.72. The second kappa shape index (κ2) is 8.72. The summed E-state index contributed by atoms with van der Waals surface area (Å²) >= 11 is 0. The van der Waals surface area contributed by atoms with Gasteiger partial charge in [0.1, 0.15) is 17.8 Å². The summed E-state index contributed by atoms with van der Waals surface area (Å²) in [6.07, 6.45) is 3.04. The van der Waals surface area contributed by atoms with Crippen LogP contribution in [0.2, 0.25) is 0 Å². The summed E-state index contributed by atoms with van der Waals surface area (Å²) in [5, 5.41) is 17.2. The molecule has 29 heavy (non-hydrogen) atoms. The van der Waals surface area contributed by atoms with Gasteiger partial charge in [0.15, 0.2) is 0 Å². The van der Waals surface area contributed by atoms with E-state index in [1.165, 1.54) is 25.4 Å². The van der Waals surface area contributed by atoms with E-state index in [2.05, 4.69) is 25.5 Å². The minimum absolute atomic E-state index is 0.00770. The minimum atomic E-state index is -0.494. The Labute approximate surface area is 168 Å². The van der Waals surface area contributed by atoms with Gasteiger partial charge >= 0.3 is 0 Å². The lowest BCUT2D eigenvalue weighted by Gasteiger charge is -2.19. The largest absolute Gasteiger partial charge is 0.393 e. The molecule has 0 saturated carbocycles. The Morgan fingerprint density at radius 3 is 2.93 bits per heavy atom. The van der Waals surface area contributed by atoms with Crippen LogP contribution >= 0.6 is 0 Å². The van der Waals surface area contributed by atoms with Crippen molar-refractivity contribution in [1.82, 2.24) is 15.3 Å². The van der Waals surface area contributed by atoms with Crippen LogP contribution < -0.4 is 21.3 Å². The van der Waals surface area contributed by atoms with Gasteiger partial charge in [-0.05, 0) is 25.5 Å². The van der Waals surface area contributed by atoms with Crippen molar-refractivity contribution in [2.75, 3.05) is 29.0 Å². The number of hydrogen-bond acceptors (Lipinski definition) is 8. The molecular weight excluding hydrogens is 374 g/mol. The van der Waals surface area contributed by atoms with E-state index >= 15 is 0 Å². The minimum Gasteiger partial charge on any atom is -0.393 e. The Morgan fingerprint density at radius 2 is 2.21 bits per heavy atom. The van der Waals surface area contributed by atoms with Crippen molar-refractivity contribution in [2.24, 2.45) is 0 Å². The maximum Gasteiger partial charge on any atom is 0.294 e. The second-order valence-corrected chi connectivity index (χ2v) is 7.28. The fourth-order valence-corrected chi connectivity index (χ4v) is 3.48. The van der Waals surface area contributed by atoms with Crippen LogP contribution in [0, 0.1) is 10.1 Å². The Morgan fingerprint density at radius 1 is 1.41 bits per heavy atom. The van der Waals surface area contributed by atoms with E-state index in [-0.39, 0.29) is 29.4 Å². The Hall–Kier alpha value is -3.43. The quantitative estimate of drug-likeness (QED) is 0.363. The van der Waals surface area contributed by atoms with Crippen molar-refractivity contribution in [3.8, 4) is 0 Å². The molecule has 2 aromatic rings. The monoisotopic (exact) mass is 399 g/mol. The van der Waals surface area contributed by atoms with Crippen LogP contribution in [0.3, 0.4) is 0 Å². The van der Waals surface area contributed by atoms with Gasteiger partial charge in [-0.25, -0.2) is 9.97 Å². The number of rotatable bonds is 7. The van der Waals surface area contributed by atoms with Crippen molar-refractivity contribution in [1.29, 1.82) is 0 Å². The maximum atomic E-state index is 11.2. The summed E-state index contributed by atoms with van der Waals surface area (Å²) < 4.78 is 0. The van der Waals surface area contributed by atoms with Gasteiger partial charge in [-0.2, -0.15) is 0 Å². The third-order valence-electron chi connectivity index (χ3n) is 4.78. The SMILES string of the molecule is CC(=O)NC1CCN(c2cc(CC(C)Nc3ccc(N)c([N+](=O)[O-])c3)ncn2)C1. The molecule has 10 heteroatoms. The molecule has 1 amide bonds. The average Bonchev–Trinajstić information content (AvgIpc) is 3.11. The first-order chi connectivity index (χ1) is 13.8. The van der Waals surface area contributed by atoms with Gasteiger partial charge in [0.2, 0.25) is 5.91 Å². The smallest absolute Gasteiger partial charge is 0.294 e. The molecule has 2 heterocycles. The fourth-order valence-electron chi connectivity index (χ4n) is 3.48. The van der Waals surface area contributed by atoms with Crippen molar-refractivity contribution in [3.63, 3.8) is 0 Å². The van der Waals surface area contributed by atoms with Crippen molar-refractivity contribution in [3.05, 3.63) is 46.4 Å². The van der Waals surface area contributed by atoms with E-state index in [0.717, 1.165) is 31.0 Å². The summed E-state index contributed by atoms with van der Waals surface area (Å²) in [7, 11) is 0. The summed E-state index contributed by atoms with van der Waals surface area (Å²) in [5.41, 5.74) is 7.16. The number of nitrogen functional groups attached to an aromatic ring is 1. The number of nitro groups is 1. The van der Waals surface area contributed by atoms with E-state index in [9.17, 15) is 14.9 Å². The van der Waals surface area contributed by atoms with Gasteiger partial charge in [0.25, 0.3) is 5.69 Å². The highest BCUT2D eigenvalue weighted by Crippen LogP contribution is 2.26. The molecule has 1 aromatic carbocycles. The first kappa shape index (κ1) is 20.3. The third-order valence-corrected chi connectivity index (χ3v) is 4.78. The number of aromatic nitrogens is 2. The van der Waals surface area contributed by atoms with Crippen LogP contribution in [0.4, 0.5) is 22.9 Å². The molecule has 154 valence electrons. The zero-order valence-electron chi connectivity index (χ0n) is 16.5. The van der Waals surface area contributed by atoms with Crippen molar-refractivity contribution in [2.45, 2.75) is 38.8 Å². The predicted molar refractivity (Wildman–Crippen MR) is 111 cm³/mol. The molecule has 10 nitrogen and oxygen atoms in total. The van der Waals surface area contributed by atoms with Gasteiger partial charge < -0.3 is 21.3 Å². The van der Waals surface area contributed by atoms with Crippen LogP contribution in [0.5, 0.6) is 0 Å². The number of benzene rings is 1. The molecule has 1 saturated heterocycles. The lowest BCUT2D eigenvalue weighted by Crippen LogP contribution is -2.35. The molecule has 1 aliphatic rings. The summed E-state index contributed by atoms with van der Waals surface area (Å²) in [6.45, 7) is 5.05. The van der Waals surface area contributed by atoms with E-state index in [1.807, 2.05) is 13.0 Å². The van der Waals surface area contributed by atoms with Crippen LogP contribution in [0.1, 0.15) is 26.0 Å². The summed E-state index contributed by atoms with van der Waals surface area (Å²) in [4.78, 5) is 32.6. The number of amides is 1. The molecule has 3 rings (SSSR count). The normalized spacial score (nSPS) is 17.0. The number of nitrogens with two attached hydrogens (primary N) is 1. The molecule has 0 radical (unpaired) electrons. The molecular formula is C19H25N7O3. The molecule has 1 aliphatic heterocycles. The third kappa shape index (κ3) is 5.31. The number of carbonyl (C=O) groups is 1. The van der Waals surface area contributed by atoms with Gasteiger partial charge in [-0.3, -0.25) is 14.9 Å². The van der Waals surface area contributed by atoms with Gasteiger partial charge in [-0.15, -0.1) is 0 Å². The van der Waals surface area contributed by atoms with Crippen LogP contribution in [0.15, 0.2) is 30.6 Å². The Bertz CT molecular complexity index is 905. The van der Waals surface area contributed by atoms with Crippen molar-refractivity contribution >= 4 is 28.8 Å². The highest BCUT2D eigenvalue weighted by Gasteiger charge is 2.24. The van der Waals surface area contributed by atoms with E-state index in [0.29, 0.717) is 12.1 Å². The highest BCUT2D eigenvalue weighted by atomic mass is 16.6. The summed E-state index contributed by atoms with van der Waals surface area (Å²) in [6, 6.07) is 6.74. The average molecular weight is 399 g/mol. The molecule has 0 bridgehead atoms. The van der Waals surface area contributed by atoms with E-state index in [1.54, 1.807) is 6.07 Å². The number of nitrogens with zero attached hydrogens (tertiary/aromatic N) is 4. The van der Waals surface area contributed by atoms with Crippen LogP contribution in [-0.2, 0) is 11.2 Å². The Kier molecular flexibility index (Phi) is 6.10. The fraction of sp³-hybridized carbons (Fsp3) is 0.421. The second-order valence-electron chi connectivity index (χ2n) is 7.28. The molecule has 2 unspecified atom stereocenters. The molecule has 0 spiro atoms. The number of nitrogens with one attached hydrogen (secondary N) is 2. The van der Waals surface area contributed by atoms with Crippen molar-refractivity contribution < 1.29 is 9.72 Å². The first-order valence-corrected chi connectivity index (χ1v) is 9.45. The zero-order chi connectivity index (χ0) is 21.0. The topological polar surface area (TPSA) is 139 Å². The maximum absolute atomic E-state index is 11.2. The highest BCUT2D eigenvalue weighted by molar-refractivity contribution is 5.73. The van der Waals surface area contributed by atoms with Gasteiger partial charge in [-0.1, -0.05) is 0 Å². The number of hydrogen-bond donors (Lipinski definition) is 3. The number of anilines is 3. The molecule has 0 aliphatic carbocycles. The standard InChI is InChI=1S/C19H25N7O3/c1-12(23-14-3-4-17(20)18(8-14)26(28)29)7-16-9-19(22-11-21-16)25-6-5-15(10-25)24-13(2)27/h3-4,8-9,11-12,15,23H,5-7,10,20H2,1-2H3,(H,24,27). The van der Waals surface area contributed by atoms with E-state index < -0.39 is 4.92 Å². The molecule has 4 N–H and O–H groups in total. The van der Waals surface area contributed by atoms with E-state index in [4.69, 9.17) is 5.73 Å².